The van der Waals surface area contributed by atoms with Crippen molar-refractivity contribution in [2.75, 3.05) is 5.32 Å². The van der Waals surface area contributed by atoms with Gasteiger partial charge in [-0.3, -0.25) is 10.1 Å². The minimum absolute atomic E-state index is 0.000391. The van der Waals surface area contributed by atoms with Gasteiger partial charge in [-0.2, -0.15) is 0 Å². The molecule has 2 aromatic carbocycles. The number of halogens is 2. The highest BCUT2D eigenvalue weighted by molar-refractivity contribution is 5.59. The van der Waals surface area contributed by atoms with Crippen molar-refractivity contribution in [2.45, 2.75) is 13.5 Å². The summed E-state index contributed by atoms with van der Waals surface area (Å²) in [4.78, 5) is 10.3. The van der Waals surface area contributed by atoms with Crippen molar-refractivity contribution in [2.24, 2.45) is 0 Å². The average molecular weight is 278 g/mol. The molecule has 0 spiro atoms. The van der Waals surface area contributed by atoms with E-state index in [1.165, 1.54) is 18.2 Å². The summed E-state index contributed by atoms with van der Waals surface area (Å²) >= 11 is 0. The second-order valence-corrected chi connectivity index (χ2v) is 4.34. The Morgan fingerprint density at radius 2 is 1.85 bits per heavy atom. The molecular formula is C14H12F2N2O2. The maximum absolute atomic E-state index is 13.0. The number of nitrogens with zero attached hydrogens (tertiary/aromatic N) is 1. The summed E-state index contributed by atoms with van der Waals surface area (Å²) in [5.41, 5.74) is 1.46. The fraction of sp³-hybridized carbons (Fsp3) is 0.143. The van der Waals surface area contributed by atoms with Crippen LogP contribution in [0.3, 0.4) is 0 Å². The Morgan fingerprint density at radius 3 is 2.45 bits per heavy atom. The second-order valence-electron chi connectivity index (χ2n) is 4.34. The van der Waals surface area contributed by atoms with E-state index >= 15 is 0 Å². The van der Waals surface area contributed by atoms with Crippen molar-refractivity contribution in [1.29, 1.82) is 0 Å². The monoisotopic (exact) mass is 278 g/mol. The molecule has 6 heteroatoms. The van der Waals surface area contributed by atoms with Crippen LogP contribution in [0.5, 0.6) is 0 Å². The van der Waals surface area contributed by atoms with Crippen LogP contribution in [0.2, 0.25) is 0 Å². The Balaban J connectivity index is 2.19. The molecule has 0 unspecified atom stereocenters. The lowest BCUT2D eigenvalue weighted by atomic mass is 10.1. The number of hydrogen-bond donors (Lipinski definition) is 1. The van der Waals surface area contributed by atoms with E-state index in [2.05, 4.69) is 5.32 Å². The van der Waals surface area contributed by atoms with Crippen LogP contribution < -0.4 is 5.32 Å². The molecule has 0 saturated carbocycles. The molecule has 0 atom stereocenters. The van der Waals surface area contributed by atoms with Crippen LogP contribution in [0.25, 0.3) is 0 Å². The van der Waals surface area contributed by atoms with Crippen LogP contribution in [0.15, 0.2) is 36.4 Å². The average Bonchev–Trinajstić information content (AvgIpc) is 2.36. The van der Waals surface area contributed by atoms with Gasteiger partial charge in [0.15, 0.2) is 0 Å². The van der Waals surface area contributed by atoms with Gasteiger partial charge in [0.25, 0.3) is 5.69 Å². The molecule has 0 aromatic heterocycles. The lowest BCUT2D eigenvalue weighted by Crippen LogP contribution is -2.03. The van der Waals surface area contributed by atoms with Crippen LogP contribution in [0.4, 0.5) is 20.2 Å². The van der Waals surface area contributed by atoms with Gasteiger partial charge in [0, 0.05) is 29.9 Å². The summed E-state index contributed by atoms with van der Waals surface area (Å²) in [5.74, 6) is -1.31. The zero-order chi connectivity index (χ0) is 14.7. The first-order valence-corrected chi connectivity index (χ1v) is 5.90. The Bertz CT molecular complexity index is 639. The molecule has 0 fully saturated rings. The summed E-state index contributed by atoms with van der Waals surface area (Å²) in [6.07, 6.45) is 0. The molecule has 0 aliphatic rings. The largest absolute Gasteiger partial charge is 0.381 e. The minimum Gasteiger partial charge on any atom is -0.381 e. The molecule has 0 amide bonds. The van der Waals surface area contributed by atoms with Crippen molar-refractivity contribution >= 4 is 11.4 Å². The Hall–Kier alpha value is -2.50. The molecule has 2 rings (SSSR count). The Kier molecular flexibility index (Phi) is 3.93. The number of nitro groups is 1. The zero-order valence-corrected chi connectivity index (χ0v) is 10.7. The summed E-state index contributed by atoms with van der Waals surface area (Å²) in [6.45, 7) is 1.79. The second kappa shape index (κ2) is 5.64. The fourth-order valence-electron chi connectivity index (χ4n) is 1.92. The Labute approximate surface area is 114 Å². The number of hydrogen-bond acceptors (Lipinski definition) is 3. The molecule has 0 saturated heterocycles. The van der Waals surface area contributed by atoms with Crippen LogP contribution >= 0.6 is 0 Å². The molecule has 0 aliphatic heterocycles. The minimum atomic E-state index is -0.655. The number of anilines is 1. The van der Waals surface area contributed by atoms with Crippen LogP contribution in [0.1, 0.15) is 11.1 Å². The van der Waals surface area contributed by atoms with Gasteiger partial charge in [-0.25, -0.2) is 8.78 Å². The van der Waals surface area contributed by atoms with Gasteiger partial charge in [0.2, 0.25) is 0 Å². The summed E-state index contributed by atoms with van der Waals surface area (Å²) < 4.78 is 26.1. The van der Waals surface area contributed by atoms with Crippen molar-refractivity contribution in [3.63, 3.8) is 0 Å². The predicted molar refractivity (Wildman–Crippen MR) is 71.5 cm³/mol. The highest BCUT2D eigenvalue weighted by Crippen LogP contribution is 2.25. The smallest absolute Gasteiger partial charge is 0.274 e. The molecule has 0 radical (unpaired) electrons. The first kappa shape index (κ1) is 13.9. The van der Waals surface area contributed by atoms with E-state index in [9.17, 15) is 18.9 Å². The van der Waals surface area contributed by atoms with E-state index in [4.69, 9.17) is 0 Å². The molecule has 0 aliphatic carbocycles. The van der Waals surface area contributed by atoms with Gasteiger partial charge in [-0.15, -0.1) is 0 Å². The van der Waals surface area contributed by atoms with Gasteiger partial charge in [0.05, 0.1) is 4.92 Å². The van der Waals surface area contributed by atoms with E-state index < -0.39 is 16.6 Å². The third kappa shape index (κ3) is 3.09. The Morgan fingerprint density at radius 1 is 1.20 bits per heavy atom. The van der Waals surface area contributed by atoms with Crippen LogP contribution in [0, 0.1) is 28.7 Å². The third-order valence-electron chi connectivity index (χ3n) is 2.91. The highest BCUT2D eigenvalue weighted by atomic mass is 19.1. The molecule has 1 N–H and O–H groups in total. The lowest BCUT2D eigenvalue weighted by molar-refractivity contribution is -0.385. The van der Waals surface area contributed by atoms with Gasteiger partial charge < -0.3 is 5.32 Å². The predicted octanol–water partition coefficient (Wildman–Crippen LogP) is 3.79. The SMILES string of the molecule is Cc1c(NCc2cc(F)cc(F)c2)cccc1[N+](=O)[O-]. The molecule has 2 aromatic rings. The van der Waals surface area contributed by atoms with Gasteiger partial charge in [0.1, 0.15) is 11.6 Å². The topological polar surface area (TPSA) is 55.2 Å². The van der Waals surface area contributed by atoms with Crippen molar-refractivity contribution in [3.05, 3.63) is 69.3 Å². The van der Waals surface area contributed by atoms with E-state index in [0.29, 0.717) is 16.8 Å². The summed E-state index contributed by atoms with van der Waals surface area (Å²) in [5, 5.41) is 13.8. The van der Waals surface area contributed by atoms with Crippen LogP contribution in [-0.2, 0) is 6.54 Å². The quantitative estimate of drug-likeness (QED) is 0.683. The maximum Gasteiger partial charge on any atom is 0.274 e. The van der Waals surface area contributed by atoms with E-state index in [1.54, 1.807) is 19.1 Å². The zero-order valence-electron chi connectivity index (χ0n) is 10.7. The normalized spacial score (nSPS) is 10.3. The van der Waals surface area contributed by atoms with E-state index in [0.717, 1.165) is 6.07 Å². The summed E-state index contributed by atoms with van der Waals surface area (Å²) in [6, 6.07) is 7.85. The fourth-order valence-corrected chi connectivity index (χ4v) is 1.92. The maximum atomic E-state index is 13.0. The first-order chi connectivity index (χ1) is 9.47. The number of benzene rings is 2. The van der Waals surface area contributed by atoms with Gasteiger partial charge in [-0.1, -0.05) is 6.07 Å². The molecular weight excluding hydrogens is 266 g/mol. The molecule has 0 bridgehead atoms. The van der Waals surface area contributed by atoms with Crippen molar-refractivity contribution in [1.82, 2.24) is 0 Å². The lowest BCUT2D eigenvalue weighted by Gasteiger charge is -2.10. The van der Waals surface area contributed by atoms with Crippen LogP contribution in [-0.4, -0.2) is 4.92 Å². The number of nitrogens with one attached hydrogen (secondary N) is 1. The van der Waals surface area contributed by atoms with Gasteiger partial charge >= 0.3 is 0 Å². The van der Waals surface area contributed by atoms with Crippen molar-refractivity contribution < 1.29 is 13.7 Å². The molecule has 104 valence electrons. The first-order valence-electron chi connectivity index (χ1n) is 5.90. The number of nitro benzene ring substituents is 1. The van der Waals surface area contributed by atoms with Crippen molar-refractivity contribution in [3.8, 4) is 0 Å². The number of rotatable bonds is 4. The molecule has 4 nitrogen and oxygen atoms in total. The highest BCUT2D eigenvalue weighted by Gasteiger charge is 2.12. The van der Waals surface area contributed by atoms with E-state index in [1.807, 2.05) is 0 Å². The third-order valence-corrected chi connectivity index (χ3v) is 2.91. The standard InChI is InChI=1S/C14H12F2N2O2/c1-9-13(3-2-4-14(9)18(19)20)17-8-10-5-11(15)7-12(16)6-10/h2-7,17H,8H2,1H3. The molecule has 0 heterocycles. The summed E-state index contributed by atoms with van der Waals surface area (Å²) in [7, 11) is 0. The van der Waals surface area contributed by atoms with E-state index in [-0.39, 0.29) is 12.2 Å². The van der Waals surface area contributed by atoms with Gasteiger partial charge in [-0.05, 0) is 30.7 Å². The molecule has 20 heavy (non-hydrogen) atoms.